The van der Waals surface area contributed by atoms with Gasteiger partial charge in [-0.05, 0) is 13.8 Å². The van der Waals surface area contributed by atoms with Gasteiger partial charge in [0.05, 0.1) is 158 Å². The van der Waals surface area contributed by atoms with Crippen molar-refractivity contribution in [3.8, 4) is 0 Å². The predicted molar refractivity (Wildman–Crippen MR) is 146 cm³/mol. The molecular weight excluding hydrogens is 535 g/mol. The van der Waals surface area contributed by atoms with Gasteiger partial charge in [0.1, 0.15) is 6.67 Å². The van der Waals surface area contributed by atoms with Crippen molar-refractivity contribution in [2.75, 3.05) is 159 Å². The van der Waals surface area contributed by atoms with E-state index in [1.807, 2.05) is 13.8 Å². The van der Waals surface area contributed by atoms with Crippen LogP contribution in [0.3, 0.4) is 0 Å². The maximum absolute atomic E-state index is 11.8. The van der Waals surface area contributed by atoms with Gasteiger partial charge in [0.25, 0.3) is 0 Å². The molecule has 0 bridgehead atoms. The zero-order valence-corrected chi connectivity index (χ0v) is 24.8. The summed E-state index contributed by atoms with van der Waals surface area (Å²) < 4.78 is 76.3. The molecule has 0 saturated carbocycles. The number of hydrogen-bond acceptors (Lipinski definition) is 12. The topological polar surface area (TPSA) is 111 Å². The highest BCUT2D eigenvalue weighted by Gasteiger charge is 1.97. The van der Waals surface area contributed by atoms with E-state index in [4.69, 9.17) is 56.8 Å². The standard InChI is InChI=1S/C27H55FO12/c1-27(2)40-26-25-39-24-23-38-22-21-37-20-19-36-18-17-35-16-15-34-14-13-33-12-11-32-10-9-31-8-7-30-6-5-29-4-3-28/h27H,3-26H2,1-2H3. The lowest BCUT2D eigenvalue weighted by molar-refractivity contribution is -0.0293. The summed E-state index contributed by atoms with van der Waals surface area (Å²) in [6.45, 7) is 14.8. The summed E-state index contributed by atoms with van der Waals surface area (Å²) in [4.78, 5) is 0. The zero-order chi connectivity index (χ0) is 29.0. The van der Waals surface area contributed by atoms with Crippen LogP contribution in [0.1, 0.15) is 13.8 Å². The average Bonchev–Trinajstić information content (AvgIpc) is 2.95. The minimum atomic E-state index is -0.473. The van der Waals surface area contributed by atoms with Crippen molar-refractivity contribution in [1.29, 1.82) is 0 Å². The van der Waals surface area contributed by atoms with Gasteiger partial charge in [0.15, 0.2) is 0 Å². The normalized spacial score (nSPS) is 11.7. The van der Waals surface area contributed by atoms with E-state index in [0.717, 1.165) is 0 Å². The van der Waals surface area contributed by atoms with E-state index in [1.165, 1.54) is 0 Å². The number of hydrogen-bond donors (Lipinski definition) is 0. The SMILES string of the molecule is CC(C)OCCOCCOCCOCCOCCOCCOCCOCCOCCOCCOCCOCCF. The van der Waals surface area contributed by atoms with E-state index in [0.29, 0.717) is 145 Å². The fourth-order valence-electron chi connectivity index (χ4n) is 2.70. The highest BCUT2D eigenvalue weighted by Crippen LogP contribution is 1.89. The van der Waals surface area contributed by atoms with E-state index in [2.05, 4.69) is 0 Å². The molecule has 12 nitrogen and oxygen atoms in total. The molecule has 0 fully saturated rings. The average molecular weight is 591 g/mol. The van der Waals surface area contributed by atoms with Crippen molar-refractivity contribution in [2.45, 2.75) is 20.0 Å². The molecule has 0 spiro atoms. The van der Waals surface area contributed by atoms with E-state index in [9.17, 15) is 4.39 Å². The van der Waals surface area contributed by atoms with Crippen LogP contribution in [-0.2, 0) is 56.8 Å². The van der Waals surface area contributed by atoms with Gasteiger partial charge in [-0.3, -0.25) is 0 Å². The van der Waals surface area contributed by atoms with Gasteiger partial charge in [-0.25, -0.2) is 4.39 Å². The first kappa shape index (κ1) is 39.5. The third-order valence-electron chi connectivity index (χ3n) is 4.62. The summed E-state index contributed by atoms with van der Waals surface area (Å²) in [6, 6.07) is 0. The van der Waals surface area contributed by atoms with Crippen molar-refractivity contribution in [2.24, 2.45) is 0 Å². The number of alkyl halides is 1. The Morgan fingerprint density at radius 2 is 0.475 bits per heavy atom. The van der Waals surface area contributed by atoms with Gasteiger partial charge in [0, 0.05) is 0 Å². The van der Waals surface area contributed by atoms with Crippen LogP contribution in [-0.4, -0.2) is 165 Å². The van der Waals surface area contributed by atoms with Crippen LogP contribution < -0.4 is 0 Å². The molecule has 0 aromatic carbocycles. The Morgan fingerprint density at radius 1 is 0.300 bits per heavy atom. The largest absolute Gasteiger partial charge is 0.377 e. The lowest BCUT2D eigenvalue weighted by Crippen LogP contribution is -2.15. The molecule has 0 aliphatic rings. The molecule has 13 heteroatoms. The highest BCUT2D eigenvalue weighted by atomic mass is 19.1. The first-order valence-corrected chi connectivity index (χ1v) is 14.3. The Hall–Kier alpha value is -0.550. The zero-order valence-electron chi connectivity index (χ0n) is 24.8. The van der Waals surface area contributed by atoms with Crippen molar-refractivity contribution in [3.05, 3.63) is 0 Å². The van der Waals surface area contributed by atoms with Crippen LogP contribution in [0.5, 0.6) is 0 Å². The third-order valence-corrected chi connectivity index (χ3v) is 4.62. The fraction of sp³-hybridized carbons (Fsp3) is 1.00. The minimum Gasteiger partial charge on any atom is -0.377 e. The fourth-order valence-corrected chi connectivity index (χ4v) is 2.70. The molecule has 0 aliphatic carbocycles. The first-order valence-electron chi connectivity index (χ1n) is 14.3. The van der Waals surface area contributed by atoms with Gasteiger partial charge >= 0.3 is 0 Å². The van der Waals surface area contributed by atoms with Crippen LogP contribution in [0.15, 0.2) is 0 Å². The molecule has 0 unspecified atom stereocenters. The van der Waals surface area contributed by atoms with E-state index >= 15 is 0 Å². The quantitative estimate of drug-likeness (QED) is 0.0988. The lowest BCUT2D eigenvalue weighted by atomic mass is 10.5. The number of ether oxygens (including phenoxy) is 12. The summed E-state index contributed by atoms with van der Waals surface area (Å²) in [6.07, 6.45) is 0.230. The van der Waals surface area contributed by atoms with Crippen molar-refractivity contribution < 1.29 is 61.2 Å². The Bertz CT molecular complexity index is 452. The first-order chi connectivity index (χ1) is 19.8. The summed E-state index contributed by atoms with van der Waals surface area (Å²) in [7, 11) is 0. The second kappa shape index (κ2) is 36.5. The van der Waals surface area contributed by atoms with Crippen LogP contribution in [0.25, 0.3) is 0 Å². The van der Waals surface area contributed by atoms with Crippen LogP contribution in [0.2, 0.25) is 0 Å². The molecule has 0 aromatic rings. The summed E-state index contributed by atoms with van der Waals surface area (Å²) in [5.41, 5.74) is 0. The van der Waals surface area contributed by atoms with E-state index < -0.39 is 6.67 Å². The summed E-state index contributed by atoms with van der Waals surface area (Å²) >= 11 is 0. The van der Waals surface area contributed by atoms with Gasteiger partial charge in [-0.1, -0.05) is 0 Å². The molecule has 40 heavy (non-hydrogen) atoms. The van der Waals surface area contributed by atoms with Gasteiger partial charge < -0.3 is 56.8 Å². The molecule has 0 aliphatic heterocycles. The third kappa shape index (κ3) is 37.5. The van der Waals surface area contributed by atoms with E-state index in [1.54, 1.807) is 0 Å². The van der Waals surface area contributed by atoms with Gasteiger partial charge in [-0.15, -0.1) is 0 Å². The highest BCUT2D eigenvalue weighted by molar-refractivity contribution is 4.40. The molecule has 0 radical (unpaired) electrons. The van der Waals surface area contributed by atoms with Crippen molar-refractivity contribution in [1.82, 2.24) is 0 Å². The second-order valence-electron chi connectivity index (χ2n) is 8.34. The predicted octanol–water partition coefficient (Wildman–Crippen LogP) is 1.56. The summed E-state index contributed by atoms with van der Waals surface area (Å²) in [5.74, 6) is 0. The van der Waals surface area contributed by atoms with Gasteiger partial charge in [-0.2, -0.15) is 0 Å². The smallest absolute Gasteiger partial charge is 0.113 e. The van der Waals surface area contributed by atoms with E-state index in [-0.39, 0.29) is 12.7 Å². The Kier molecular flexibility index (Phi) is 36.0. The molecule has 0 rings (SSSR count). The lowest BCUT2D eigenvalue weighted by Gasteiger charge is -2.09. The Balaban J connectivity index is 3.02. The molecule has 0 amide bonds. The molecule has 0 N–H and O–H groups in total. The molecular formula is C27H55FO12. The molecule has 0 saturated heterocycles. The molecule has 0 atom stereocenters. The van der Waals surface area contributed by atoms with Crippen LogP contribution >= 0.6 is 0 Å². The van der Waals surface area contributed by atoms with Gasteiger partial charge in [0.2, 0.25) is 0 Å². The van der Waals surface area contributed by atoms with Crippen LogP contribution in [0, 0.1) is 0 Å². The summed E-state index contributed by atoms with van der Waals surface area (Å²) in [5, 5.41) is 0. The number of halogens is 1. The monoisotopic (exact) mass is 590 g/mol. The molecule has 242 valence electrons. The Morgan fingerprint density at radius 3 is 0.650 bits per heavy atom. The minimum absolute atomic E-state index is 0.115. The van der Waals surface area contributed by atoms with Crippen molar-refractivity contribution >= 4 is 0 Å². The van der Waals surface area contributed by atoms with Crippen molar-refractivity contribution in [3.63, 3.8) is 0 Å². The molecule has 0 heterocycles. The maximum atomic E-state index is 11.8. The second-order valence-corrected chi connectivity index (χ2v) is 8.34. The molecule has 0 aromatic heterocycles. The number of rotatable bonds is 36. The Labute approximate surface area is 240 Å². The van der Waals surface area contributed by atoms with Crippen LogP contribution in [0.4, 0.5) is 4.39 Å². The maximum Gasteiger partial charge on any atom is 0.113 e.